The quantitative estimate of drug-likeness (QED) is 0.546. The molecular weight excluding hydrogens is 224 g/mol. The molecule has 0 aliphatic carbocycles. The van der Waals surface area contributed by atoms with E-state index in [0.29, 0.717) is 6.54 Å². The SMILES string of the molecule is O=C(O[C@H]1CCNC1)C(Cl)(Cl)Cl. The molecule has 0 bridgehead atoms. The van der Waals surface area contributed by atoms with E-state index in [1.54, 1.807) is 0 Å². The molecule has 0 spiro atoms. The molecule has 1 N–H and O–H groups in total. The number of halogens is 3. The fraction of sp³-hybridized carbons (Fsp3) is 0.833. The highest BCUT2D eigenvalue weighted by Crippen LogP contribution is 2.28. The Kier molecular flexibility index (Phi) is 3.47. The molecule has 70 valence electrons. The zero-order valence-corrected chi connectivity index (χ0v) is 8.42. The van der Waals surface area contributed by atoms with Gasteiger partial charge in [-0.1, -0.05) is 34.8 Å². The standard InChI is InChI=1S/C6H8Cl3NO2/c7-6(8,9)5(11)12-4-1-2-10-3-4/h4,10H,1-3H2/t4-/m0/s1. The van der Waals surface area contributed by atoms with Crippen LogP contribution < -0.4 is 5.32 Å². The maximum Gasteiger partial charge on any atom is 0.358 e. The van der Waals surface area contributed by atoms with E-state index < -0.39 is 9.76 Å². The number of rotatable bonds is 1. The van der Waals surface area contributed by atoms with Gasteiger partial charge in [0.2, 0.25) is 0 Å². The van der Waals surface area contributed by atoms with Gasteiger partial charge in [0.05, 0.1) is 0 Å². The first kappa shape index (κ1) is 10.4. The monoisotopic (exact) mass is 231 g/mol. The van der Waals surface area contributed by atoms with Crippen LogP contribution >= 0.6 is 34.8 Å². The van der Waals surface area contributed by atoms with Crippen molar-refractivity contribution < 1.29 is 9.53 Å². The van der Waals surface area contributed by atoms with Crippen LogP contribution in [0.3, 0.4) is 0 Å². The van der Waals surface area contributed by atoms with Crippen LogP contribution in [0.25, 0.3) is 0 Å². The molecule has 1 atom stereocenters. The van der Waals surface area contributed by atoms with Crippen LogP contribution in [0.15, 0.2) is 0 Å². The molecule has 0 unspecified atom stereocenters. The molecule has 0 radical (unpaired) electrons. The lowest BCUT2D eigenvalue weighted by atomic mass is 10.3. The summed E-state index contributed by atoms with van der Waals surface area (Å²) in [6.07, 6.45) is 0.611. The van der Waals surface area contributed by atoms with Crippen molar-refractivity contribution in [1.29, 1.82) is 0 Å². The van der Waals surface area contributed by atoms with Gasteiger partial charge in [-0.3, -0.25) is 0 Å². The minimum absolute atomic E-state index is 0.159. The van der Waals surface area contributed by atoms with E-state index in [-0.39, 0.29) is 6.10 Å². The largest absolute Gasteiger partial charge is 0.458 e. The summed E-state index contributed by atoms with van der Waals surface area (Å²) in [4.78, 5) is 11.0. The topological polar surface area (TPSA) is 38.3 Å². The number of nitrogens with one attached hydrogen (secondary N) is 1. The normalized spacial score (nSPS) is 24.1. The first-order chi connectivity index (χ1) is 5.50. The summed E-state index contributed by atoms with van der Waals surface area (Å²) in [6.45, 7) is 1.46. The summed E-state index contributed by atoms with van der Waals surface area (Å²) in [5, 5.41) is 3.02. The van der Waals surface area contributed by atoms with E-state index in [0.717, 1.165) is 13.0 Å². The van der Waals surface area contributed by atoms with Gasteiger partial charge >= 0.3 is 5.97 Å². The summed E-state index contributed by atoms with van der Waals surface area (Å²) in [5.74, 6) is -0.804. The Bertz CT molecular complexity index is 174. The molecule has 12 heavy (non-hydrogen) atoms. The van der Waals surface area contributed by atoms with Crippen LogP contribution in [0, 0.1) is 0 Å². The van der Waals surface area contributed by atoms with Crippen LogP contribution in [0.5, 0.6) is 0 Å². The fourth-order valence-electron chi connectivity index (χ4n) is 0.947. The second-order valence-corrected chi connectivity index (χ2v) is 4.80. The zero-order valence-electron chi connectivity index (χ0n) is 6.15. The first-order valence-electron chi connectivity index (χ1n) is 3.48. The predicted molar refractivity (Wildman–Crippen MR) is 47.7 cm³/mol. The van der Waals surface area contributed by atoms with Gasteiger partial charge in [-0.2, -0.15) is 0 Å². The molecule has 1 aliphatic heterocycles. The molecule has 1 heterocycles. The highest BCUT2D eigenvalue weighted by molar-refractivity contribution is 6.75. The van der Waals surface area contributed by atoms with Crippen molar-refractivity contribution in [2.24, 2.45) is 0 Å². The molecule has 0 aromatic heterocycles. The van der Waals surface area contributed by atoms with Gasteiger partial charge in [-0.15, -0.1) is 0 Å². The van der Waals surface area contributed by atoms with Gasteiger partial charge < -0.3 is 10.1 Å². The van der Waals surface area contributed by atoms with Crippen LogP contribution in [0.1, 0.15) is 6.42 Å². The van der Waals surface area contributed by atoms with E-state index in [4.69, 9.17) is 39.5 Å². The Morgan fingerprint density at radius 1 is 1.50 bits per heavy atom. The third-order valence-corrected chi connectivity index (χ3v) is 1.98. The molecule has 0 amide bonds. The zero-order chi connectivity index (χ0) is 9.19. The predicted octanol–water partition coefficient (Wildman–Crippen LogP) is 1.26. The molecule has 1 fully saturated rings. The number of hydrogen-bond donors (Lipinski definition) is 1. The van der Waals surface area contributed by atoms with E-state index in [9.17, 15) is 4.79 Å². The number of ether oxygens (including phenoxy) is 1. The lowest BCUT2D eigenvalue weighted by Gasteiger charge is -2.14. The molecule has 0 aromatic carbocycles. The van der Waals surface area contributed by atoms with Crippen molar-refractivity contribution in [3.8, 4) is 0 Å². The van der Waals surface area contributed by atoms with Crippen LogP contribution in [-0.4, -0.2) is 29.0 Å². The second-order valence-electron chi connectivity index (χ2n) is 2.52. The fourth-order valence-corrected chi connectivity index (χ4v) is 1.08. The van der Waals surface area contributed by atoms with Crippen molar-refractivity contribution in [2.75, 3.05) is 13.1 Å². The summed E-state index contributed by atoms with van der Waals surface area (Å²) < 4.78 is 2.92. The second kappa shape index (κ2) is 4.01. The van der Waals surface area contributed by atoms with E-state index in [2.05, 4.69) is 5.32 Å². The van der Waals surface area contributed by atoms with E-state index >= 15 is 0 Å². The van der Waals surface area contributed by atoms with Gasteiger partial charge in [0, 0.05) is 6.54 Å². The number of carbonyl (C=O) groups is 1. The lowest BCUT2D eigenvalue weighted by Crippen LogP contribution is -2.28. The van der Waals surface area contributed by atoms with Crippen LogP contribution in [-0.2, 0) is 9.53 Å². The molecular formula is C6H8Cl3NO2. The van der Waals surface area contributed by atoms with Crippen molar-refractivity contribution in [3.63, 3.8) is 0 Å². The molecule has 0 saturated carbocycles. The third-order valence-electron chi connectivity index (χ3n) is 1.52. The number of carbonyl (C=O) groups excluding carboxylic acids is 1. The minimum atomic E-state index is -1.96. The van der Waals surface area contributed by atoms with Gasteiger partial charge in [-0.25, -0.2) is 4.79 Å². The Hall–Kier alpha value is 0.300. The molecule has 3 nitrogen and oxygen atoms in total. The highest BCUT2D eigenvalue weighted by Gasteiger charge is 2.35. The molecule has 1 saturated heterocycles. The van der Waals surface area contributed by atoms with Gasteiger partial charge in [0.25, 0.3) is 3.79 Å². The Morgan fingerprint density at radius 3 is 2.58 bits per heavy atom. The number of esters is 1. The Morgan fingerprint density at radius 2 is 2.17 bits per heavy atom. The molecule has 1 rings (SSSR count). The van der Waals surface area contributed by atoms with Gasteiger partial charge in [-0.05, 0) is 13.0 Å². The van der Waals surface area contributed by atoms with Crippen molar-refractivity contribution in [3.05, 3.63) is 0 Å². The third kappa shape index (κ3) is 2.98. The highest BCUT2D eigenvalue weighted by atomic mass is 35.6. The Labute approximate surface area is 85.3 Å². The van der Waals surface area contributed by atoms with Gasteiger partial charge in [0.15, 0.2) is 0 Å². The van der Waals surface area contributed by atoms with Crippen molar-refractivity contribution in [1.82, 2.24) is 5.32 Å². The van der Waals surface area contributed by atoms with Crippen molar-refractivity contribution in [2.45, 2.75) is 16.3 Å². The summed E-state index contributed by atoms with van der Waals surface area (Å²) in [7, 11) is 0. The minimum Gasteiger partial charge on any atom is -0.458 e. The summed E-state index contributed by atoms with van der Waals surface area (Å²) in [5.41, 5.74) is 0. The number of hydrogen-bond acceptors (Lipinski definition) is 3. The number of alkyl halides is 3. The average Bonchev–Trinajstić information content (AvgIpc) is 2.37. The Balaban J connectivity index is 2.35. The van der Waals surface area contributed by atoms with Crippen LogP contribution in [0.2, 0.25) is 0 Å². The smallest absolute Gasteiger partial charge is 0.358 e. The first-order valence-corrected chi connectivity index (χ1v) is 4.62. The maximum atomic E-state index is 11.0. The maximum absolute atomic E-state index is 11.0. The average molecular weight is 232 g/mol. The summed E-state index contributed by atoms with van der Waals surface area (Å²) >= 11 is 15.9. The van der Waals surface area contributed by atoms with Gasteiger partial charge in [0.1, 0.15) is 6.10 Å². The molecule has 0 aromatic rings. The van der Waals surface area contributed by atoms with Crippen molar-refractivity contribution >= 4 is 40.8 Å². The van der Waals surface area contributed by atoms with E-state index in [1.165, 1.54) is 0 Å². The van der Waals surface area contributed by atoms with Crippen LogP contribution in [0.4, 0.5) is 0 Å². The lowest BCUT2D eigenvalue weighted by molar-refractivity contribution is -0.146. The van der Waals surface area contributed by atoms with E-state index in [1.807, 2.05) is 0 Å². The molecule has 6 heteroatoms. The summed E-state index contributed by atoms with van der Waals surface area (Å²) in [6, 6.07) is 0. The molecule has 1 aliphatic rings.